The van der Waals surface area contributed by atoms with Gasteiger partial charge in [0, 0.05) is 18.7 Å². The third-order valence-corrected chi connectivity index (χ3v) is 4.08. The molecule has 0 spiro atoms. The topological polar surface area (TPSA) is 48.0 Å². The van der Waals surface area contributed by atoms with Crippen LogP contribution in [0.4, 0.5) is 0 Å². The highest BCUT2D eigenvalue weighted by atomic mass is 16.3. The maximum Gasteiger partial charge on any atom is 0.351 e. The Morgan fingerprint density at radius 3 is 2.71 bits per heavy atom. The number of unbranched alkanes of at least 4 members (excludes halogenated alkanes) is 4. The van der Waals surface area contributed by atoms with Crippen LogP contribution < -0.4 is 5.69 Å². The fourth-order valence-corrected chi connectivity index (χ4v) is 2.52. The first-order valence-corrected chi connectivity index (χ1v) is 8.17. The van der Waals surface area contributed by atoms with E-state index in [1.165, 1.54) is 25.7 Å². The van der Waals surface area contributed by atoms with E-state index in [4.69, 9.17) is 4.42 Å². The third kappa shape index (κ3) is 3.96. The molecule has 0 aliphatic rings. The SMILES string of the molecule is CCCCCCCc1cc2cn(C(C)CC)c(=O)nc2o1. The van der Waals surface area contributed by atoms with Crippen LogP contribution in [0.3, 0.4) is 0 Å². The molecule has 1 unspecified atom stereocenters. The normalized spacial score (nSPS) is 12.9. The summed E-state index contributed by atoms with van der Waals surface area (Å²) in [5.74, 6) is 0.940. The van der Waals surface area contributed by atoms with Crippen LogP contribution in [-0.2, 0) is 6.42 Å². The fourth-order valence-electron chi connectivity index (χ4n) is 2.52. The highest BCUT2D eigenvalue weighted by Crippen LogP contribution is 2.19. The Morgan fingerprint density at radius 2 is 2.00 bits per heavy atom. The van der Waals surface area contributed by atoms with Crippen molar-refractivity contribution in [3.63, 3.8) is 0 Å². The lowest BCUT2D eigenvalue weighted by molar-refractivity contribution is 0.493. The Balaban J connectivity index is 2.09. The molecule has 2 aromatic heterocycles. The van der Waals surface area contributed by atoms with Crippen LogP contribution in [0, 0.1) is 0 Å². The molecule has 1 atom stereocenters. The van der Waals surface area contributed by atoms with Gasteiger partial charge in [-0.05, 0) is 25.8 Å². The lowest BCUT2D eigenvalue weighted by Crippen LogP contribution is -2.24. The van der Waals surface area contributed by atoms with E-state index in [9.17, 15) is 4.79 Å². The molecule has 0 aliphatic carbocycles. The van der Waals surface area contributed by atoms with Crippen molar-refractivity contribution in [3.05, 3.63) is 28.5 Å². The van der Waals surface area contributed by atoms with Gasteiger partial charge >= 0.3 is 5.69 Å². The summed E-state index contributed by atoms with van der Waals surface area (Å²) in [6.45, 7) is 6.32. The van der Waals surface area contributed by atoms with Gasteiger partial charge in [0.2, 0.25) is 5.71 Å². The highest BCUT2D eigenvalue weighted by Gasteiger charge is 2.11. The molecule has 0 N–H and O–H groups in total. The smallest absolute Gasteiger partial charge is 0.351 e. The van der Waals surface area contributed by atoms with Gasteiger partial charge in [-0.25, -0.2) is 4.79 Å². The molecule has 2 heterocycles. The number of aryl methyl sites for hydroxylation is 1. The van der Waals surface area contributed by atoms with Gasteiger partial charge in [0.1, 0.15) is 5.76 Å². The Labute approximate surface area is 126 Å². The molecule has 2 aromatic rings. The minimum absolute atomic E-state index is 0.168. The first-order chi connectivity index (χ1) is 10.2. The van der Waals surface area contributed by atoms with Gasteiger partial charge in [-0.2, -0.15) is 4.98 Å². The molecule has 0 saturated carbocycles. The van der Waals surface area contributed by atoms with Crippen molar-refractivity contribution in [3.8, 4) is 0 Å². The van der Waals surface area contributed by atoms with Crippen LogP contribution in [0.5, 0.6) is 0 Å². The molecule has 0 amide bonds. The minimum Gasteiger partial charge on any atom is -0.443 e. The molecule has 116 valence electrons. The first-order valence-electron chi connectivity index (χ1n) is 8.17. The molecule has 2 rings (SSSR count). The number of nitrogens with zero attached hydrogens (tertiary/aromatic N) is 2. The van der Waals surface area contributed by atoms with Crippen molar-refractivity contribution in [2.45, 2.75) is 71.8 Å². The zero-order valence-corrected chi connectivity index (χ0v) is 13.4. The molecule has 0 saturated heterocycles. The molecule has 4 nitrogen and oxygen atoms in total. The van der Waals surface area contributed by atoms with E-state index in [0.717, 1.165) is 30.4 Å². The number of fused-ring (bicyclic) bond motifs is 1. The van der Waals surface area contributed by atoms with Gasteiger partial charge in [-0.15, -0.1) is 0 Å². The van der Waals surface area contributed by atoms with Crippen LogP contribution >= 0.6 is 0 Å². The molecule has 21 heavy (non-hydrogen) atoms. The van der Waals surface area contributed by atoms with Gasteiger partial charge in [-0.3, -0.25) is 4.57 Å². The van der Waals surface area contributed by atoms with Gasteiger partial charge in [-0.1, -0.05) is 39.5 Å². The van der Waals surface area contributed by atoms with E-state index in [2.05, 4.69) is 18.8 Å². The number of rotatable bonds is 8. The van der Waals surface area contributed by atoms with Crippen LogP contribution in [0.2, 0.25) is 0 Å². The summed E-state index contributed by atoms with van der Waals surface area (Å²) < 4.78 is 7.40. The maximum atomic E-state index is 12.0. The molecular formula is C17H26N2O2. The van der Waals surface area contributed by atoms with Crippen LogP contribution in [0.1, 0.15) is 71.1 Å². The van der Waals surface area contributed by atoms with E-state index < -0.39 is 0 Å². The summed E-state index contributed by atoms with van der Waals surface area (Å²) in [5.41, 5.74) is 0.254. The largest absolute Gasteiger partial charge is 0.443 e. The summed E-state index contributed by atoms with van der Waals surface area (Å²) in [6, 6.07) is 2.20. The predicted molar refractivity (Wildman–Crippen MR) is 85.7 cm³/mol. The van der Waals surface area contributed by atoms with Crippen molar-refractivity contribution in [1.29, 1.82) is 0 Å². The van der Waals surface area contributed by atoms with Crippen LogP contribution in [-0.4, -0.2) is 9.55 Å². The monoisotopic (exact) mass is 290 g/mol. The number of furan rings is 1. The van der Waals surface area contributed by atoms with Gasteiger partial charge < -0.3 is 4.42 Å². The summed E-state index contributed by atoms with van der Waals surface area (Å²) in [5, 5.41) is 0.929. The zero-order chi connectivity index (χ0) is 15.2. The Kier molecular flexibility index (Phi) is 5.59. The van der Waals surface area contributed by atoms with Crippen molar-refractivity contribution in [2.24, 2.45) is 0 Å². The Morgan fingerprint density at radius 1 is 1.24 bits per heavy atom. The van der Waals surface area contributed by atoms with E-state index >= 15 is 0 Å². The van der Waals surface area contributed by atoms with E-state index in [1.54, 1.807) is 4.57 Å². The molecule has 0 radical (unpaired) electrons. The van der Waals surface area contributed by atoms with E-state index in [1.807, 2.05) is 19.2 Å². The molecular weight excluding hydrogens is 264 g/mol. The van der Waals surface area contributed by atoms with Gasteiger partial charge in [0.25, 0.3) is 0 Å². The summed E-state index contributed by atoms with van der Waals surface area (Å²) in [6.07, 6.45) is 9.93. The van der Waals surface area contributed by atoms with Gasteiger partial charge in [0.15, 0.2) is 0 Å². The maximum absolute atomic E-state index is 12.0. The summed E-state index contributed by atoms with van der Waals surface area (Å²) in [7, 11) is 0. The lowest BCUT2D eigenvalue weighted by Gasteiger charge is -2.10. The second kappa shape index (κ2) is 7.43. The van der Waals surface area contributed by atoms with Crippen molar-refractivity contribution >= 4 is 11.1 Å². The minimum atomic E-state index is -0.222. The zero-order valence-electron chi connectivity index (χ0n) is 13.4. The molecule has 0 bridgehead atoms. The van der Waals surface area contributed by atoms with E-state index in [0.29, 0.717) is 5.71 Å². The van der Waals surface area contributed by atoms with E-state index in [-0.39, 0.29) is 11.7 Å². The summed E-state index contributed by atoms with van der Waals surface area (Å²) >= 11 is 0. The Hall–Kier alpha value is -1.58. The predicted octanol–water partition coefficient (Wildman–Crippen LogP) is 4.47. The fraction of sp³-hybridized carbons (Fsp3) is 0.647. The quantitative estimate of drug-likeness (QED) is 0.674. The molecule has 0 aromatic carbocycles. The molecule has 0 fully saturated rings. The number of hydrogen-bond donors (Lipinski definition) is 0. The summed E-state index contributed by atoms with van der Waals surface area (Å²) in [4.78, 5) is 16.0. The number of aromatic nitrogens is 2. The lowest BCUT2D eigenvalue weighted by atomic mass is 10.1. The first kappa shape index (κ1) is 15.8. The average Bonchev–Trinajstić information content (AvgIpc) is 2.87. The van der Waals surface area contributed by atoms with Crippen LogP contribution in [0.25, 0.3) is 11.1 Å². The third-order valence-electron chi connectivity index (χ3n) is 4.08. The van der Waals surface area contributed by atoms with Crippen LogP contribution in [0.15, 0.2) is 21.5 Å². The van der Waals surface area contributed by atoms with Crippen molar-refractivity contribution in [1.82, 2.24) is 9.55 Å². The van der Waals surface area contributed by atoms with Gasteiger partial charge in [0.05, 0.1) is 5.39 Å². The second-order valence-electron chi connectivity index (χ2n) is 5.83. The van der Waals surface area contributed by atoms with Crippen molar-refractivity contribution in [2.75, 3.05) is 0 Å². The second-order valence-corrected chi connectivity index (χ2v) is 5.83. The number of hydrogen-bond acceptors (Lipinski definition) is 3. The highest BCUT2D eigenvalue weighted by molar-refractivity contribution is 5.72. The molecule has 0 aliphatic heterocycles. The molecule has 4 heteroatoms. The Bertz CT molecular complexity index is 627. The standard InChI is InChI=1S/C17H26N2O2/c1-4-6-7-8-9-10-15-11-14-12-19(13(3)5-2)17(20)18-16(14)21-15/h11-13H,4-10H2,1-3H3. The average molecular weight is 290 g/mol. The van der Waals surface area contributed by atoms with Crippen molar-refractivity contribution < 1.29 is 4.42 Å².